The van der Waals surface area contributed by atoms with Crippen molar-refractivity contribution in [3.63, 3.8) is 0 Å². The van der Waals surface area contributed by atoms with Crippen molar-refractivity contribution in [3.05, 3.63) is 53.6 Å². The van der Waals surface area contributed by atoms with Crippen LogP contribution < -0.4 is 5.32 Å². The Hall–Kier alpha value is -3.13. The highest BCUT2D eigenvalue weighted by Crippen LogP contribution is 2.66. The lowest BCUT2D eigenvalue weighted by atomic mass is 9.47. The van der Waals surface area contributed by atoms with Gasteiger partial charge in [0.1, 0.15) is 17.5 Å². The summed E-state index contributed by atoms with van der Waals surface area (Å²) in [4.78, 5) is 30.2. The Kier molecular flexibility index (Phi) is 7.59. The lowest BCUT2D eigenvalue weighted by Gasteiger charge is -2.58. The van der Waals surface area contributed by atoms with E-state index in [-0.39, 0.29) is 29.6 Å². The summed E-state index contributed by atoms with van der Waals surface area (Å²) in [6.07, 6.45) is 12.9. The number of carbonyl (C=O) groups is 2. The van der Waals surface area contributed by atoms with Gasteiger partial charge in [-0.15, -0.1) is 0 Å². The van der Waals surface area contributed by atoms with Crippen LogP contribution in [0.15, 0.2) is 53.2 Å². The van der Waals surface area contributed by atoms with Crippen LogP contribution >= 0.6 is 0 Å². The zero-order valence-corrected chi connectivity index (χ0v) is 24.0. The van der Waals surface area contributed by atoms with Crippen LogP contribution in [-0.2, 0) is 25.6 Å². The molecule has 40 heavy (non-hydrogen) atoms. The number of phenolic OH excluding ortho intramolecular Hbond substituents is 1. The number of esters is 1. The van der Waals surface area contributed by atoms with Crippen LogP contribution in [0.4, 0.5) is 0 Å². The van der Waals surface area contributed by atoms with Gasteiger partial charge in [0.05, 0.1) is 12.7 Å². The normalized spacial score (nSPS) is 36.1. The number of aliphatic hydroxyl groups is 1. The van der Waals surface area contributed by atoms with Crippen molar-refractivity contribution in [1.29, 1.82) is 0 Å². The maximum Gasteiger partial charge on any atom is 0.328 e. The number of hydrogen-bond donors (Lipinski definition) is 3. The lowest BCUT2D eigenvalue weighted by molar-refractivity contribution is -0.145. The monoisotopic (exact) mass is 550 g/mol. The molecule has 3 N–H and O–H groups in total. The fourth-order valence-corrected chi connectivity index (χ4v) is 8.11. The Morgan fingerprint density at radius 3 is 2.55 bits per heavy atom. The summed E-state index contributed by atoms with van der Waals surface area (Å²) in [6, 6.07) is 5.55. The van der Waals surface area contributed by atoms with E-state index in [1.807, 2.05) is 13.0 Å². The van der Waals surface area contributed by atoms with Gasteiger partial charge in [-0.1, -0.05) is 42.8 Å². The second-order valence-electron chi connectivity index (χ2n) is 12.8. The lowest BCUT2D eigenvalue weighted by Crippen LogP contribution is -2.53. The highest BCUT2D eigenvalue weighted by Gasteiger charge is 2.62. The standard InChI is InChI=1S/C32H42N2O6/c1-30-14-11-22(18-21(30)7-10-24-25(30)12-15-31(2)26(24)13-16-32(31,3)38)34-40-19-28(36)33-27(29(37)39-4)17-20-5-8-23(35)9-6-20/h5-6,8-9,11,14,18,24-27,35,38H,7,10,12-13,15-17,19H2,1-4H3,(H,33,36)/t24-,25-,26-,27+,30+,31+,32+/m1/s1. The molecule has 216 valence electrons. The van der Waals surface area contributed by atoms with Gasteiger partial charge in [0, 0.05) is 11.8 Å². The Labute approximate surface area is 236 Å². The minimum atomic E-state index is -0.883. The molecule has 0 radical (unpaired) electrons. The molecule has 0 aromatic heterocycles. The third kappa shape index (κ3) is 5.06. The predicted octanol–water partition coefficient (Wildman–Crippen LogP) is 4.45. The van der Waals surface area contributed by atoms with Crippen LogP contribution in [0, 0.1) is 28.6 Å². The summed E-state index contributed by atoms with van der Waals surface area (Å²) >= 11 is 0. The Morgan fingerprint density at radius 2 is 1.82 bits per heavy atom. The average Bonchev–Trinajstić information content (AvgIpc) is 3.17. The number of nitrogens with zero attached hydrogens (tertiary/aromatic N) is 1. The molecule has 0 bridgehead atoms. The largest absolute Gasteiger partial charge is 0.508 e. The van der Waals surface area contributed by atoms with Crippen molar-refractivity contribution in [3.8, 4) is 5.75 Å². The van der Waals surface area contributed by atoms with Crippen LogP contribution in [0.1, 0.15) is 64.9 Å². The second kappa shape index (κ2) is 10.7. The third-order valence-electron chi connectivity index (χ3n) is 10.7. The molecular formula is C32H42N2O6. The minimum Gasteiger partial charge on any atom is -0.508 e. The summed E-state index contributed by atoms with van der Waals surface area (Å²) in [7, 11) is 1.27. The van der Waals surface area contributed by atoms with Crippen LogP contribution in [0.2, 0.25) is 0 Å². The molecule has 1 amide bonds. The SMILES string of the molecule is COC(=O)[C@H](Cc1ccc(O)cc1)NC(=O)CON=C1C=C[C@@]2(C)C(=C1)CC[C@@H]1[C@H]2CC[C@@]2(C)[C@@H]1CC[C@]2(C)O. The molecule has 8 heteroatoms. The number of oxime groups is 1. The summed E-state index contributed by atoms with van der Waals surface area (Å²) < 4.78 is 4.84. The first-order valence-electron chi connectivity index (χ1n) is 14.4. The molecule has 0 aliphatic heterocycles. The van der Waals surface area contributed by atoms with Crippen LogP contribution in [0.3, 0.4) is 0 Å². The van der Waals surface area contributed by atoms with Crippen molar-refractivity contribution in [2.24, 2.45) is 33.7 Å². The van der Waals surface area contributed by atoms with Gasteiger partial charge in [-0.3, -0.25) is 4.79 Å². The molecule has 4 aliphatic carbocycles. The molecule has 3 saturated carbocycles. The highest BCUT2D eigenvalue weighted by atomic mass is 16.6. The minimum absolute atomic E-state index is 0.00207. The van der Waals surface area contributed by atoms with E-state index >= 15 is 0 Å². The van der Waals surface area contributed by atoms with E-state index in [1.165, 1.54) is 24.8 Å². The molecule has 0 unspecified atom stereocenters. The fourth-order valence-electron chi connectivity index (χ4n) is 8.11. The summed E-state index contributed by atoms with van der Waals surface area (Å²) in [6.45, 7) is 6.36. The molecule has 0 spiro atoms. The summed E-state index contributed by atoms with van der Waals surface area (Å²) in [5.74, 6) is 0.809. The Morgan fingerprint density at radius 1 is 1.10 bits per heavy atom. The number of ether oxygens (including phenoxy) is 1. The highest BCUT2D eigenvalue weighted by molar-refractivity contribution is 6.05. The van der Waals surface area contributed by atoms with Gasteiger partial charge in [0.25, 0.3) is 5.91 Å². The van der Waals surface area contributed by atoms with E-state index in [0.29, 0.717) is 23.5 Å². The summed E-state index contributed by atoms with van der Waals surface area (Å²) in [5.41, 5.74) is 2.20. The number of carbonyl (C=O) groups excluding carboxylic acids is 2. The number of fused-ring (bicyclic) bond motifs is 5. The quantitative estimate of drug-likeness (QED) is 0.341. The van der Waals surface area contributed by atoms with Crippen molar-refractivity contribution in [2.45, 2.75) is 77.4 Å². The topological polar surface area (TPSA) is 117 Å². The number of nitrogens with one attached hydrogen (secondary N) is 1. The molecular weight excluding hydrogens is 508 g/mol. The first kappa shape index (κ1) is 28.4. The van der Waals surface area contributed by atoms with E-state index in [0.717, 1.165) is 44.1 Å². The molecule has 1 aromatic carbocycles. The average molecular weight is 551 g/mol. The van der Waals surface area contributed by atoms with Gasteiger partial charge in [0.2, 0.25) is 0 Å². The molecule has 4 aliphatic rings. The number of amides is 1. The molecule has 0 heterocycles. The van der Waals surface area contributed by atoms with Gasteiger partial charge in [0.15, 0.2) is 6.61 Å². The van der Waals surface area contributed by atoms with E-state index in [9.17, 15) is 19.8 Å². The van der Waals surface area contributed by atoms with Gasteiger partial charge < -0.3 is 25.1 Å². The van der Waals surface area contributed by atoms with E-state index in [1.54, 1.807) is 12.1 Å². The van der Waals surface area contributed by atoms with Gasteiger partial charge in [-0.25, -0.2) is 4.79 Å². The molecule has 5 rings (SSSR count). The van der Waals surface area contributed by atoms with Crippen molar-refractivity contribution >= 4 is 17.6 Å². The molecule has 7 atom stereocenters. The number of hydrogen-bond acceptors (Lipinski definition) is 7. The maximum atomic E-state index is 12.6. The first-order chi connectivity index (χ1) is 19.0. The number of allylic oxidation sites excluding steroid dienone is 4. The maximum absolute atomic E-state index is 12.6. The predicted molar refractivity (Wildman–Crippen MR) is 151 cm³/mol. The van der Waals surface area contributed by atoms with Gasteiger partial charge in [-0.05, 0) is 98.5 Å². The summed E-state index contributed by atoms with van der Waals surface area (Å²) in [5, 5.41) is 27.5. The van der Waals surface area contributed by atoms with Crippen molar-refractivity contribution < 1.29 is 29.4 Å². The number of methoxy groups -OCH3 is 1. The fraction of sp³-hybridized carbons (Fsp3) is 0.594. The molecule has 0 saturated heterocycles. The van der Waals surface area contributed by atoms with Crippen LogP contribution in [0.25, 0.3) is 0 Å². The third-order valence-corrected chi connectivity index (χ3v) is 10.7. The van der Waals surface area contributed by atoms with E-state index in [4.69, 9.17) is 9.57 Å². The van der Waals surface area contributed by atoms with Gasteiger partial charge >= 0.3 is 5.97 Å². The van der Waals surface area contributed by atoms with Crippen molar-refractivity contribution in [1.82, 2.24) is 5.32 Å². The van der Waals surface area contributed by atoms with Gasteiger partial charge in [-0.2, -0.15) is 0 Å². The van der Waals surface area contributed by atoms with Crippen molar-refractivity contribution in [2.75, 3.05) is 13.7 Å². The van der Waals surface area contributed by atoms with Crippen LogP contribution in [-0.4, -0.2) is 53.2 Å². The number of phenols is 1. The zero-order valence-electron chi connectivity index (χ0n) is 24.0. The number of aromatic hydroxyl groups is 1. The number of benzene rings is 1. The van der Waals surface area contributed by atoms with E-state index < -0.39 is 23.5 Å². The first-order valence-corrected chi connectivity index (χ1v) is 14.4. The smallest absolute Gasteiger partial charge is 0.328 e. The van der Waals surface area contributed by atoms with E-state index in [2.05, 4.69) is 36.5 Å². The Bertz CT molecular complexity index is 1230. The Balaban J connectivity index is 1.19. The molecule has 1 aromatic rings. The number of rotatable bonds is 7. The molecule has 3 fully saturated rings. The van der Waals surface area contributed by atoms with Crippen LogP contribution in [0.5, 0.6) is 5.75 Å². The second-order valence-corrected chi connectivity index (χ2v) is 12.8. The zero-order chi connectivity index (χ0) is 28.7. The molecule has 8 nitrogen and oxygen atoms in total.